The lowest BCUT2D eigenvalue weighted by molar-refractivity contribution is 0.232. The lowest BCUT2D eigenvalue weighted by Crippen LogP contribution is -2.44. The Bertz CT molecular complexity index is 573. The minimum atomic E-state index is 0. The van der Waals surface area contributed by atoms with Gasteiger partial charge in [0.05, 0.1) is 6.54 Å². The first-order chi connectivity index (χ1) is 11.3. The number of halogens is 1. The molecule has 1 aliphatic carbocycles. The van der Waals surface area contributed by atoms with Gasteiger partial charge >= 0.3 is 0 Å². The van der Waals surface area contributed by atoms with Crippen molar-refractivity contribution in [2.45, 2.75) is 44.6 Å². The number of likely N-dealkylation sites (tertiary alicyclic amines) is 1. The standard InChI is InChI=1S/C19H27N3O.HI/c1-20-18(22-11-10-19(14-22)8-4-5-9-19)21-13-16-12-15-6-2-3-7-17(15)23-16;/h2-3,6-7,16H,4-5,8-14H2,1H3,(H,20,21);1H. The van der Waals surface area contributed by atoms with E-state index in [9.17, 15) is 0 Å². The Kier molecular flexibility index (Phi) is 5.57. The highest BCUT2D eigenvalue weighted by atomic mass is 127. The Hall–Kier alpha value is -0.980. The van der Waals surface area contributed by atoms with Crippen LogP contribution in [0.15, 0.2) is 29.3 Å². The molecule has 5 heteroatoms. The van der Waals surface area contributed by atoms with Crippen molar-refractivity contribution in [3.8, 4) is 5.75 Å². The number of para-hydroxylation sites is 1. The molecular formula is C19H28IN3O. The lowest BCUT2D eigenvalue weighted by atomic mass is 9.86. The van der Waals surface area contributed by atoms with Crippen molar-refractivity contribution in [3.63, 3.8) is 0 Å². The van der Waals surface area contributed by atoms with E-state index in [1.807, 2.05) is 13.1 Å². The van der Waals surface area contributed by atoms with E-state index in [0.29, 0.717) is 5.41 Å². The zero-order valence-corrected chi connectivity index (χ0v) is 16.8. The first-order valence-electron chi connectivity index (χ1n) is 8.98. The molecule has 0 radical (unpaired) electrons. The monoisotopic (exact) mass is 441 g/mol. The highest BCUT2D eigenvalue weighted by Crippen LogP contribution is 2.45. The maximum atomic E-state index is 6.02. The third-order valence-electron chi connectivity index (χ3n) is 5.82. The van der Waals surface area contributed by atoms with Gasteiger partial charge in [0.25, 0.3) is 0 Å². The fourth-order valence-corrected chi connectivity index (χ4v) is 4.55. The molecule has 0 aromatic heterocycles. The van der Waals surface area contributed by atoms with Gasteiger partial charge < -0.3 is 15.0 Å². The van der Waals surface area contributed by atoms with Gasteiger partial charge in [-0.25, -0.2) is 0 Å². The van der Waals surface area contributed by atoms with E-state index in [0.717, 1.165) is 31.2 Å². The van der Waals surface area contributed by atoms with Crippen molar-refractivity contribution < 1.29 is 4.74 Å². The van der Waals surface area contributed by atoms with Crippen LogP contribution in [0.1, 0.15) is 37.7 Å². The first kappa shape index (κ1) is 17.8. The minimum absolute atomic E-state index is 0. The van der Waals surface area contributed by atoms with Gasteiger partial charge in [-0.05, 0) is 36.3 Å². The number of rotatable bonds is 2. The van der Waals surface area contributed by atoms with Gasteiger partial charge in [0.15, 0.2) is 5.96 Å². The summed E-state index contributed by atoms with van der Waals surface area (Å²) in [6.45, 7) is 3.15. The van der Waals surface area contributed by atoms with E-state index in [1.54, 1.807) is 0 Å². The van der Waals surface area contributed by atoms with Crippen molar-refractivity contribution in [3.05, 3.63) is 29.8 Å². The molecule has 3 aliphatic rings. The van der Waals surface area contributed by atoms with Crippen LogP contribution < -0.4 is 10.1 Å². The van der Waals surface area contributed by atoms with Crippen LogP contribution in [0.5, 0.6) is 5.75 Å². The third-order valence-corrected chi connectivity index (χ3v) is 5.82. The molecular weight excluding hydrogens is 413 g/mol. The Labute approximate surface area is 162 Å². The van der Waals surface area contributed by atoms with E-state index in [-0.39, 0.29) is 30.1 Å². The van der Waals surface area contributed by atoms with Crippen LogP contribution in [0.2, 0.25) is 0 Å². The lowest BCUT2D eigenvalue weighted by Gasteiger charge is -2.26. The highest BCUT2D eigenvalue weighted by molar-refractivity contribution is 14.0. The van der Waals surface area contributed by atoms with Crippen molar-refractivity contribution in [2.75, 3.05) is 26.7 Å². The third kappa shape index (κ3) is 3.51. The normalized spacial score (nSPS) is 24.6. The van der Waals surface area contributed by atoms with Crippen molar-refractivity contribution >= 4 is 29.9 Å². The second kappa shape index (κ2) is 7.50. The predicted molar refractivity (Wildman–Crippen MR) is 108 cm³/mol. The minimum Gasteiger partial charge on any atom is -0.488 e. The molecule has 0 bridgehead atoms. The van der Waals surface area contributed by atoms with Crippen LogP contribution in [0, 0.1) is 5.41 Å². The van der Waals surface area contributed by atoms with Crippen LogP contribution in [0.25, 0.3) is 0 Å². The molecule has 1 atom stereocenters. The molecule has 24 heavy (non-hydrogen) atoms. The number of ether oxygens (including phenoxy) is 1. The van der Waals surface area contributed by atoms with Crippen LogP contribution in [0.3, 0.4) is 0 Å². The number of nitrogens with one attached hydrogen (secondary N) is 1. The molecule has 1 unspecified atom stereocenters. The van der Waals surface area contributed by atoms with Crippen molar-refractivity contribution in [1.29, 1.82) is 0 Å². The largest absolute Gasteiger partial charge is 0.488 e. The second-order valence-corrected chi connectivity index (χ2v) is 7.36. The molecule has 2 heterocycles. The summed E-state index contributed by atoms with van der Waals surface area (Å²) in [5, 5.41) is 3.55. The van der Waals surface area contributed by atoms with Crippen LogP contribution in [-0.2, 0) is 6.42 Å². The topological polar surface area (TPSA) is 36.9 Å². The Balaban J connectivity index is 0.00000169. The molecule has 2 aliphatic heterocycles. The zero-order chi connectivity index (χ0) is 15.7. The molecule has 1 spiro atoms. The number of aliphatic imine (C=N–C) groups is 1. The summed E-state index contributed by atoms with van der Waals surface area (Å²) in [6, 6.07) is 8.35. The Morgan fingerprint density at radius 1 is 1.29 bits per heavy atom. The molecule has 1 saturated carbocycles. The summed E-state index contributed by atoms with van der Waals surface area (Å²) in [5.74, 6) is 2.09. The quantitative estimate of drug-likeness (QED) is 0.434. The maximum absolute atomic E-state index is 6.02. The molecule has 2 fully saturated rings. The molecule has 1 saturated heterocycles. The fourth-order valence-electron chi connectivity index (χ4n) is 4.55. The Morgan fingerprint density at radius 3 is 2.83 bits per heavy atom. The van der Waals surface area contributed by atoms with Crippen molar-refractivity contribution in [1.82, 2.24) is 10.2 Å². The highest BCUT2D eigenvalue weighted by Gasteiger charge is 2.41. The zero-order valence-electron chi connectivity index (χ0n) is 14.5. The number of hydrogen-bond donors (Lipinski definition) is 1. The Morgan fingerprint density at radius 2 is 2.08 bits per heavy atom. The average Bonchev–Trinajstić information content (AvgIpc) is 3.29. The summed E-state index contributed by atoms with van der Waals surface area (Å²) >= 11 is 0. The molecule has 1 aromatic rings. The number of fused-ring (bicyclic) bond motifs is 1. The summed E-state index contributed by atoms with van der Waals surface area (Å²) in [5.41, 5.74) is 1.90. The van der Waals surface area contributed by atoms with Gasteiger partial charge in [-0.3, -0.25) is 4.99 Å². The van der Waals surface area contributed by atoms with Crippen LogP contribution in [-0.4, -0.2) is 43.6 Å². The molecule has 0 amide bonds. The number of guanidine groups is 1. The predicted octanol–water partition coefficient (Wildman–Crippen LogP) is 3.45. The molecule has 1 aromatic carbocycles. The maximum Gasteiger partial charge on any atom is 0.193 e. The van der Waals surface area contributed by atoms with E-state index in [4.69, 9.17) is 4.74 Å². The summed E-state index contributed by atoms with van der Waals surface area (Å²) in [6.07, 6.45) is 8.17. The molecule has 4 rings (SSSR count). The molecule has 1 N–H and O–H groups in total. The van der Waals surface area contributed by atoms with Gasteiger partial charge in [-0.2, -0.15) is 0 Å². The van der Waals surface area contributed by atoms with Gasteiger partial charge in [0.1, 0.15) is 11.9 Å². The van der Waals surface area contributed by atoms with E-state index in [2.05, 4.69) is 33.4 Å². The number of hydrogen-bond acceptors (Lipinski definition) is 2. The van der Waals surface area contributed by atoms with E-state index in [1.165, 1.54) is 44.2 Å². The number of benzene rings is 1. The van der Waals surface area contributed by atoms with Crippen LogP contribution >= 0.6 is 24.0 Å². The fraction of sp³-hybridized carbons (Fsp3) is 0.632. The molecule has 132 valence electrons. The SMILES string of the molecule is CN=C(NCC1Cc2ccccc2O1)N1CCC2(CCCC2)C1.I. The van der Waals surface area contributed by atoms with Crippen LogP contribution in [0.4, 0.5) is 0 Å². The van der Waals surface area contributed by atoms with E-state index < -0.39 is 0 Å². The molecule has 4 nitrogen and oxygen atoms in total. The summed E-state index contributed by atoms with van der Waals surface area (Å²) in [4.78, 5) is 6.96. The van der Waals surface area contributed by atoms with Crippen molar-refractivity contribution in [2.24, 2.45) is 10.4 Å². The number of nitrogens with zero attached hydrogens (tertiary/aromatic N) is 2. The van der Waals surface area contributed by atoms with Gasteiger partial charge in [0, 0.05) is 26.6 Å². The summed E-state index contributed by atoms with van der Waals surface area (Å²) < 4.78 is 6.02. The van der Waals surface area contributed by atoms with Gasteiger partial charge in [-0.15, -0.1) is 24.0 Å². The summed E-state index contributed by atoms with van der Waals surface area (Å²) in [7, 11) is 1.90. The van der Waals surface area contributed by atoms with E-state index >= 15 is 0 Å². The van der Waals surface area contributed by atoms with Gasteiger partial charge in [0.2, 0.25) is 0 Å². The average molecular weight is 441 g/mol. The first-order valence-corrected chi connectivity index (χ1v) is 8.98. The second-order valence-electron chi connectivity index (χ2n) is 7.36. The smallest absolute Gasteiger partial charge is 0.193 e. The van der Waals surface area contributed by atoms with Gasteiger partial charge in [-0.1, -0.05) is 31.0 Å².